The molecule has 0 saturated carbocycles. The van der Waals surface area contributed by atoms with Gasteiger partial charge in [-0.2, -0.15) is 0 Å². The molecule has 0 saturated heterocycles. The van der Waals surface area contributed by atoms with Crippen molar-refractivity contribution in [3.8, 4) is 11.5 Å². The second kappa shape index (κ2) is 2.70. The third-order valence-electron chi connectivity index (χ3n) is 1.56. The van der Waals surface area contributed by atoms with E-state index in [4.69, 9.17) is 10.2 Å². The lowest BCUT2D eigenvalue weighted by Crippen LogP contribution is -1.86. The number of anilines is 1. The van der Waals surface area contributed by atoms with E-state index < -0.39 is 0 Å². The van der Waals surface area contributed by atoms with E-state index >= 15 is 0 Å². The molecule has 0 unspecified atom stereocenters. The van der Waals surface area contributed by atoms with Crippen LogP contribution < -0.4 is 5.73 Å². The van der Waals surface area contributed by atoms with Gasteiger partial charge in [0.25, 0.3) is 0 Å². The fourth-order valence-electron chi connectivity index (χ4n) is 0.975. The number of furan rings is 1. The Morgan fingerprint density at radius 1 is 1.25 bits per heavy atom. The lowest BCUT2D eigenvalue weighted by Gasteiger charge is -1.95. The van der Waals surface area contributed by atoms with E-state index in [9.17, 15) is 0 Å². The van der Waals surface area contributed by atoms with Crippen molar-refractivity contribution in [1.29, 1.82) is 0 Å². The monoisotopic (exact) mass is 160 g/mol. The van der Waals surface area contributed by atoms with Crippen LogP contribution in [0.1, 0.15) is 0 Å². The summed E-state index contributed by atoms with van der Waals surface area (Å²) in [6, 6.07) is 7.31. The summed E-state index contributed by atoms with van der Waals surface area (Å²) in [5.41, 5.74) is 6.94. The summed E-state index contributed by atoms with van der Waals surface area (Å²) >= 11 is 0. The Balaban J connectivity index is 2.43. The molecule has 60 valence electrons. The van der Waals surface area contributed by atoms with Gasteiger partial charge in [-0.05, 0) is 24.3 Å². The molecule has 0 aromatic carbocycles. The van der Waals surface area contributed by atoms with E-state index in [1.807, 2.05) is 18.2 Å². The average Bonchev–Trinajstić information content (AvgIpc) is 2.58. The van der Waals surface area contributed by atoms with E-state index in [-0.39, 0.29) is 0 Å². The predicted molar refractivity (Wildman–Crippen MR) is 46.4 cm³/mol. The summed E-state index contributed by atoms with van der Waals surface area (Å²) in [4.78, 5) is 4.10. The minimum Gasteiger partial charge on any atom is -0.463 e. The molecule has 12 heavy (non-hydrogen) atoms. The van der Waals surface area contributed by atoms with Crippen molar-refractivity contribution in [2.45, 2.75) is 0 Å². The molecule has 2 heterocycles. The van der Waals surface area contributed by atoms with Gasteiger partial charge in [0.2, 0.25) is 0 Å². The molecule has 0 spiro atoms. The highest BCUT2D eigenvalue weighted by Gasteiger charge is 1.99. The molecule has 0 aliphatic carbocycles. The Morgan fingerprint density at radius 2 is 2.17 bits per heavy atom. The SMILES string of the molecule is Nc1ccc(-c2ccco2)nc1. The third-order valence-corrected chi connectivity index (χ3v) is 1.56. The molecule has 2 aromatic rings. The molecule has 0 fully saturated rings. The Labute approximate surface area is 69.8 Å². The molecule has 0 bridgehead atoms. The van der Waals surface area contributed by atoms with Crippen molar-refractivity contribution in [1.82, 2.24) is 4.98 Å². The number of aromatic nitrogens is 1. The highest BCUT2D eigenvalue weighted by molar-refractivity contribution is 5.54. The van der Waals surface area contributed by atoms with Crippen molar-refractivity contribution in [3.63, 3.8) is 0 Å². The number of nitrogen functional groups attached to an aromatic ring is 1. The van der Waals surface area contributed by atoms with Gasteiger partial charge in [-0.3, -0.25) is 4.98 Å². The zero-order valence-corrected chi connectivity index (χ0v) is 6.40. The molecule has 2 aromatic heterocycles. The zero-order valence-electron chi connectivity index (χ0n) is 6.40. The summed E-state index contributed by atoms with van der Waals surface area (Å²) < 4.78 is 5.16. The van der Waals surface area contributed by atoms with Gasteiger partial charge in [0.1, 0.15) is 5.69 Å². The van der Waals surface area contributed by atoms with Crippen LogP contribution in [-0.2, 0) is 0 Å². The molecule has 0 radical (unpaired) electrons. The molecule has 3 nitrogen and oxygen atoms in total. The standard InChI is InChI=1S/C9H8N2O/c10-7-3-4-8(11-6-7)9-2-1-5-12-9/h1-6H,10H2. The normalized spacial score (nSPS) is 10.0. The molecule has 0 amide bonds. The average molecular weight is 160 g/mol. The minimum atomic E-state index is 0.658. The molecule has 2 rings (SSSR count). The lowest BCUT2D eigenvalue weighted by molar-refractivity contribution is 0.580. The highest BCUT2D eigenvalue weighted by atomic mass is 16.3. The fraction of sp³-hybridized carbons (Fsp3) is 0. The summed E-state index contributed by atoms with van der Waals surface area (Å²) in [7, 11) is 0. The Morgan fingerprint density at radius 3 is 2.75 bits per heavy atom. The molecular formula is C9H8N2O. The maximum absolute atomic E-state index is 5.49. The van der Waals surface area contributed by atoms with Crippen molar-refractivity contribution in [3.05, 3.63) is 36.7 Å². The second-order valence-electron chi connectivity index (χ2n) is 2.45. The van der Waals surface area contributed by atoms with E-state index in [1.165, 1.54) is 0 Å². The summed E-state index contributed by atoms with van der Waals surface area (Å²) in [6.45, 7) is 0. The first-order chi connectivity index (χ1) is 5.86. The van der Waals surface area contributed by atoms with Gasteiger partial charge in [-0.1, -0.05) is 0 Å². The fourth-order valence-corrected chi connectivity index (χ4v) is 0.975. The highest BCUT2D eigenvalue weighted by Crippen LogP contribution is 2.17. The van der Waals surface area contributed by atoms with Gasteiger partial charge in [-0.25, -0.2) is 0 Å². The summed E-state index contributed by atoms with van der Waals surface area (Å²) in [6.07, 6.45) is 3.23. The number of rotatable bonds is 1. The van der Waals surface area contributed by atoms with Gasteiger partial charge < -0.3 is 10.2 Å². The van der Waals surface area contributed by atoms with E-state index in [2.05, 4.69) is 4.98 Å². The lowest BCUT2D eigenvalue weighted by atomic mass is 10.3. The Bertz CT molecular complexity index is 351. The maximum Gasteiger partial charge on any atom is 0.152 e. The van der Waals surface area contributed by atoms with Gasteiger partial charge in [0.05, 0.1) is 18.1 Å². The number of nitrogens with zero attached hydrogens (tertiary/aromatic N) is 1. The smallest absolute Gasteiger partial charge is 0.152 e. The van der Waals surface area contributed by atoms with Crippen molar-refractivity contribution < 1.29 is 4.42 Å². The van der Waals surface area contributed by atoms with Crippen LogP contribution in [0.25, 0.3) is 11.5 Å². The van der Waals surface area contributed by atoms with Crippen LogP contribution in [0.2, 0.25) is 0 Å². The second-order valence-corrected chi connectivity index (χ2v) is 2.45. The first-order valence-corrected chi connectivity index (χ1v) is 3.62. The van der Waals surface area contributed by atoms with Gasteiger partial charge >= 0.3 is 0 Å². The molecule has 0 atom stereocenters. The van der Waals surface area contributed by atoms with Crippen LogP contribution in [0.3, 0.4) is 0 Å². The Hall–Kier alpha value is -1.77. The third kappa shape index (κ3) is 1.16. The topological polar surface area (TPSA) is 52.0 Å². The van der Waals surface area contributed by atoms with Crippen molar-refractivity contribution >= 4 is 5.69 Å². The number of hydrogen-bond acceptors (Lipinski definition) is 3. The Kier molecular flexibility index (Phi) is 1.55. The minimum absolute atomic E-state index is 0.658. The summed E-state index contributed by atoms with van der Waals surface area (Å²) in [5, 5.41) is 0. The van der Waals surface area contributed by atoms with Crippen LogP contribution in [-0.4, -0.2) is 4.98 Å². The van der Waals surface area contributed by atoms with E-state index in [1.54, 1.807) is 18.5 Å². The van der Waals surface area contributed by atoms with Crippen LogP contribution in [0, 0.1) is 0 Å². The molecule has 2 N–H and O–H groups in total. The van der Waals surface area contributed by atoms with E-state index in [0.29, 0.717) is 5.69 Å². The van der Waals surface area contributed by atoms with Crippen LogP contribution in [0.5, 0.6) is 0 Å². The van der Waals surface area contributed by atoms with Gasteiger partial charge in [0.15, 0.2) is 5.76 Å². The zero-order chi connectivity index (χ0) is 8.39. The molecular weight excluding hydrogens is 152 g/mol. The van der Waals surface area contributed by atoms with E-state index in [0.717, 1.165) is 11.5 Å². The number of pyridine rings is 1. The largest absolute Gasteiger partial charge is 0.463 e. The quantitative estimate of drug-likeness (QED) is 0.693. The van der Waals surface area contributed by atoms with Crippen LogP contribution >= 0.6 is 0 Å². The maximum atomic E-state index is 5.49. The van der Waals surface area contributed by atoms with Crippen LogP contribution in [0.4, 0.5) is 5.69 Å². The molecule has 0 aliphatic heterocycles. The molecule has 3 heteroatoms. The number of nitrogens with two attached hydrogens (primary N) is 1. The predicted octanol–water partition coefficient (Wildman–Crippen LogP) is 1.92. The van der Waals surface area contributed by atoms with Crippen LogP contribution in [0.15, 0.2) is 41.1 Å². The molecule has 0 aliphatic rings. The van der Waals surface area contributed by atoms with Crippen molar-refractivity contribution in [2.75, 3.05) is 5.73 Å². The van der Waals surface area contributed by atoms with Gasteiger partial charge in [-0.15, -0.1) is 0 Å². The number of hydrogen-bond donors (Lipinski definition) is 1. The first kappa shape index (κ1) is 6.91. The van der Waals surface area contributed by atoms with Crippen molar-refractivity contribution in [2.24, 2.45) is 0 Å². The van der Waals surface area contributed by atoms with Gasteiger partial charge in [0, 0.05) is 0 Å². The first-order valence-electron chi connectivity index (χ1n) is 3.62. The summed E-state index contributed by atoms with van der Waals surface area (Å²) in [5.74, 6) is 0.759.